The van der Waals surface area contributed by atoms with Crippen LogP contribution < -0.4 is 5.32 Å². The predicted octanol–water partition coefficient (Wildman–Crippen LogP) is -0.0244. The Kier molecular flexibility index (Phi) is 2.43. The van der Waals surface area contributed by atoms with E-state index in [4.69, 9.17) is 0 Å². The van der Waals surface area contributed by atoms with Gasteiger partial charge in [-0.3, -0.25) is 4.79 Å². The summed E-state index contributed by atoms with van der Waals surface area (Å²) in [6.07, 6.45) is 2.58. The molecule has 0 aromatic carbocycles. The number of tetrazole rings is 1. The molecule has 2 rings (SSSR count). The highest BCUT2D eigenvalue weighted by atomic mass is 16.2. The summed E-state index contributed by atoms with van der Waals surface area (Å²) in [6.45, 7) is 2.84. The molecule has 76 valence electrons. The Morgan fingerprint density at radius 1 is 1.71 bits per heavy atom. The van der Waals surface area contributed by atoms with Gasteiger partial charge in [0.25, 0.3) is 11.7 Å². The summed E-state index contributed by atoms with van der Waals surface area (Å²) in [4.78, 5) is 11.4. The Morgan fingerprint density at radius 2 is 2.50 bits per heavy atom. The fourth-order valence-electron chi connectivity index (χ4n) is 1.42. The van der Waals surface area contributed by atoms with Gasteiger partial charge < -0.3 is 5.32 Å². The third-order valence-electron chi connectivity index (χ3n) is 2.56. The van der Waals surface area contributed by atoms with Crippen LogP contribution in [-0.4, -0.2) is 33.1 Å². The van der Waals surface area contributed by atoms with Gasteiger partial charge in [0.05, 0.1) is 0 Å². The standard InChI is InChI=1S/C8H13N5O/c1-5(6-2-3-6)4-9-8(14)7-10-12-13-11-7/h5-6H,2-4H2,1H3,(H,9,14)(H,10,11,12,13). The molecule has 1 aliphatic rings. The van der Waals surface area contributed by atoms with E-state index in [1.165, 1.54) is 12.8 Å². The van der Waals surface area contributed by atoms with Gasteiger partial charge in [-0.1, -0.05) is 6.92 Å². The second-order valence-electron chi connectivity index (χ2n) is 3.76. The van der Waals surface area contributed by atoms with Crippen LogP contribution in [0.25, 0.3) is 0 Å². The molecule has 1 heterocycles. The van der Waals surface area contributed by atoms with Crippen LogP contribution in [0.5, 0.6) is 0 Å². The molecule has 1 atom stereocenters. The lowest BCUT2D eigenvalue weighted by Gasteiger charge is -2.09. The highest BCUT2D eigenvalue weighted by Gasteiger charge is 2.28. The number of carbonyl (C=O) groups is 1. The number of aromatic amines is 1. The minimum Gasteiger partial charge on any atom is -0.349 e. The number of nitrogens with zero attached hydrogens (tertiary/aromatic N) is 3. The van der Waals surface area contributed by atoms with Gasteiger partial charge in [0.15, 0.2) is 0 Å². The highest BCUT2D eigenvalue weighted by Crippen LogP contribution is 2.35. The maximum Gasteiger partial charge on any atom is 0.292 e. The molecule has 14 heavy (non-hydrogen) atoms. The van der Waals surface area contributed by atoms with Crippen LogP contribution >= 0.6 is 0 Å². The van der Waals surface area contributed by atoms with E-state index in [2.05, 4.69) is 32.9 Å². The first-order valence-electron chi connectivity index (χ1n) is 4.79. The number of rotatable bonds is 4. The Balaban J connectivity index is 1.77. The molecule has 1 amide bonds. The number of carbonyl (C=O) groups excluding carboxylic acids is 1. The average Bonchev–Trinajstić information content (AvgIpc) is 2.90. The van der Waals surface area contributed by atoms with Crippen LogP contribution in [0.1, 0.15) is 30.4 Å². The third-order valence-corrected chi connectivity index (χ3v) is 2.56. The summed E-state index contributed by atoms with van der Waals surface area (Å²) < 4.78 is 0. The summed E-state index contributed by atoms with van der Waals surface area (Å²) in [6, 6.07) is 0. The molecule has 1 aromatic rings. The number of hydrogen-bond acceptors (Lipinski definition) is 4. The van der Waals surface area contributed by atoms with Gasteiger partial charge >= 0.3 is 0 Å². The number of H-pyrrole nitrogens is 1. The van der Waals surface area contributed by atoms with Crippen LogP contribution in [0.15, 0.2) is 0 Å². The monoisotopic (exact) mass is 195 g/mol. The van der Waals surface area contributed by atoms with Gasteiger partial charge in [-0.25, -0.2) is 0 Å². The largest absolute Gasteiger partial charge is 0.349 e. The van der Waals surface area contributed by atoms with E-state index in [1.807, 2.05) is 0 Å². The molecular formula is C8H13N5O. The van der Waals surface area contributed by atoms with Gasteiger partial charge in [-0.05, 0) is 29.9 Å². The Labute approximate surface area is 81.5 Å². The molecule has 0 aliphatic heterocycles. The zero-order valence-corrected chi connectivity index (χ0v) is 8.03. The van der Waals surface area contributed by atoms with Crippen LogP contribution in [0.2, 0.25) is 0 Å². The minimum absolute atomic E-state index is 0.105. The highest BCUT2D eigenvalue weighted by molar-refractivity contribution is 5.89. The normalized spacial score (nSPS) is 17.8. The van der Waals surface area contributed by atoms with Crippen molar-refractivity contribution >= 4 is 5.91 Å². The van der Waals surface area contributed by atoms with Crippen LogP contribution in [0, 0.1) is 11.8 Å². The predicted molar refractivity (Wildman–Crippen MR) is 48.4 cm³/mol. The van der Waals surface area contributed by atoms with E-state index in [1.54, 1.807) is 0 Å². The van der Waals surface area contributed by atoms with Crippen LogP contribution in [-0.2, 0) is 0 Å². The fraction of sp³-hybridized carbons (Fsp3) is 0.750. The lowest BCUT2D eigenvalue weighted by atomic mass is 10.1. The SMILES string of the molecule is CC(CNC(=O)c1nn[nH]n1)C1CC1. The third kappa shape index (κ3) is 2.07. The number of amides is 1. The van der Waals surface area contributed by atoms with Crippen molar-refractivity contribution in [2.45, 2.75) is 19.8 Å². The van der Waals surface area contributed by atoms with Crippen molar-refractivity contribution in [1.82, 2.24) is 25.9 Å². The first-order chi connectivity index (χ1) is 6.77. The summed E-state index contributed by atoms with van der Waals surface area (Å²) in [5.74, 6) is 1.19. The molecule has 0 spiro atoms. The maximum atomic E-state index is 11.4. The van der Waals surface area contributed by atoms with E-state index < -0.39 is 0 Å². The first kappa shape index (κ1) is 9.11. The smallest absolute Gasteiger partial charge is 0.292 e. The molecular weight excluding hydrogens is 182 g/mol. The van der Waals surface area contributed by atoms with Crippen LogP contribution in [0.3, 0.4) is 0 Å². The molecule has 6 heteroatoms. The van der Waals surface area contributed by atoms with Gasteiger partial charge in [-0.2, -0.15) is 5.21 Å². The molecule has 1 saturated carbocycles. The molecule has 0 saturated heterocycles. The molecule has 1 aromatic heterocycles. The van der Waals surface area contributed by atoms with E-state index in [0.717, 1.165) is 5.92 Å². The van der Waals surface area contributed by atoms with Crippen molar-refractivity contribution in [3.8, 4) is 0 Å². The van der Waals surface area contributed by atoms with Crippen LogP contribution in [0.4, 0.5) is 0 Å². The molecule has 1 fully saturated rings. The van der Waals surface area contributed by atoms with E-state index in [-0.39, 0.29) is 11.7 Å². The van der Waals surface area contributed by atoms with Gasteiger partial charge in [0.1, 0.15) is 0 Å². The van der Waals surface area contributed by atoms with Crippen molar-refractivity contribution in [3.63, 3.8) is 0 Å². The molecule has 2 N–H and O–H groups in total. The van der Waals surface area contributed by atoms with Crippen molar-refractivity contribution in [1.29, 1.82) is 0 Å². The van der Waals surface area contributed by atoms with Gasteiger partial charge in [0.2, 0.25) is 0 Å². The van der Waals surface area contributed by atoms with Gasteiger partial charge in [-0.15, -0.1) is 10.2 Å². The lowest BCUT2D eigenvalue weighted by Crippen LogP contribution is -2.29. The molecule has 6 nitrogen and oxygen atoms in total. The second-order valence-corrected chi connectivity index (χ2v) is 3.76. The van der Waals surface area contributed by atoms with Crippen molar-refractivity contribution in [2.24, 2.45) is 11.8 Å². The van der Waals surface area contributed by atoms with E-state index >= 15 is 0 Å². The summed E-state index contributed by atoms with van der Waals surface area (Å²) in [5.41, 5.74) is 0. The van der Waals surface area contributed by atoms with E-state index in [9.17, 15) is 4.79 Å². The summed E-state index contributed by atoms with van der Waals surface area (Å²) >= 11 is 0. The second kappa shape index (κ2) is 3.73. The minimum atomic E-state index is -0.258. The number of aromatic nitrogens is 4. The maximum absolute atomic E-state index is 11.4. The lowest BCUT2D eigenvalue weighted by molar-refractivity contribution is 0.0936. The average molecular weight is 195 g/mol. The molecule has 0 bridgehead atoms. The zero-order chi connectivity index (χ0) is 9.97. The van der Waals surface area contributed by atoms with Crippen molar-refractivity contribution < 1.29 is 4.79 Å². The quantitative estimate of drug-likeness (QED) is 0.707. The topological polar surface area (TPSA) is 83.6 Å². The Morgan fingerprint density at radius 3 is 3.07 bits per heavy atom. The summed E-state index contributed by atoms with van der Waals surface area (Å²) in [7, 11) is 0. The fourth-order valence-corrected chi connectivity index (χ4v) is 1.42. The van der Waals surface area contributed by atoms with Crippen molar-refractivity contribution in [2.75, 3.05) is 6.54 Å². The molecule has 1 aliphatic carbocycles. The first-order valence-corrected chi connectivity index (χ1v) is 4.79. The van der Waals surface area contributed by atoms with E-state index in [0.29, 0.717) is 12.5 Å². The zero-order valence-electron chi connectivity index (χ0n) is 8.03. The molecule has 0 radical (unpaired) electrons. The number of hydrogen-bond donors (Lipinski definition) is 2. The number of nitrogens with one attached hydrogen (secondary N) is 2. The van der Waals surface area contributed by atoms with Gasteiger partial charge in [0, 0.05) is 6.54 Å². The Hall–Kier alpha value is -1.46. The Bertz CT molecular complexity index is 306. The van der Waals surface area contributed by atoms with Crippen molar-refractivity contribution in [3.05, 3.63) is 5.82 Å². The summed E-state index contributed by atoms with van der Waals surface area (Å²) in [5, 5.41) is 15.5. The molecule has 1 unspecified atom stereocenters.